The predicted molar refractivity (Wildman–Crippen MR) is 61.4 cm³/mol. The van der Waals surface area contributed by atoms with Gasteiger partial charge in [-0.15, -0.1) is 0 Å². The lowest BCUT2D eigenvalue weighted by Crippen LogP contribution is -2.28. The number of rotatable bonds is 6. The standard InChI is InChI=1S/C12H23NO3/c1-15-6-7-16-5-4-13-8-10-2-3-12(14)11(10)9-13/h10-12,14H,2-9H2,1H3. The van der Waals surface area contributed by atoms with Crippen LogP contribution in [0.5, 0.6) is 0 Å². The molecule has 1 aliphatic heterocycles. The Bertz CT molecular complexity index is 212. The minimum absolute atomic E-state index is 0.0515. The van der Waals surface area contributed by atoms with Gasteiger partial charge >= 0.3 is 0 Å². The van der Waals surface area contributed by atoms with Crippen molar-refractivity contribution in [2.45, 2.75) is 18.9 Å². The minimum Gasteiger partial charge on any atom is -0.393 e. The van der Waals surface area contributed by atoms with E-state index in [0.717, 1.165) is 38.6 Å². The van der Waals surface area contributed by atoms with Crippen LogP contribution in [0.3, 0.4) is 0 Å². The normalized spacial score (nSPS) is 34.5. The summed E-state index contributed by atoms with van der Waals surface area (Å²) in [6.07, 6.45) is 2.16. The molecule has 0 bridgehead atoms. The number of hydrogen-bond acceptors (Lipinski definition) is 4. The number of hydrogen-bond donors (Lipinski definition) is 1. The van der Waals surface area contributed by atoms with Crippen LogP contribution in [-0.4, -0.2) is 62.7 Å². The van der Waals surface area contributed by atoms with Gasteiger partial charge in [0.1, 0.15) is 0 Å². The summed E-state index contributed by atoms with van der Waals surface area (Å²) in [5.74, 6) is 1.26. The quantitative estimate of drug-likeness (QED) is 0.667. The van der Waals surface area contributed by atoms with E-state index in [1.165, 1.54) is 6.42 Å². The van der Waals surface area contributed by atoms with Gasteiger partial charge in [-0.05, 0) is 18.8 Å². The number of aliphatic hydroxyl groups is 1. The molecule has 4 nitrogen and oxygen atoms in total. The second kappa shape index (κ2) is 5.96. The monoisotopic (exact) mass is 229 g/mol. The average molecular weight is 229 g/mol. The van der Waals surface area contributed by atoms with Crippen molar-refractivity contribution in [1.29, 1.82) is 0 Å². The largest absolute Gasteiger partial charge is 0.393 e. The molecule has 1 saturated carbocycles. The number of likely N-dealkylation sites (tertiary alicyclic amines) is 1. The van der Waals surface area contributed by atoms with Crippen LogP contribution in [0.25, 0.3) is 0 Å². The highest BCUT2D eigenvalue weighted by molar-refractivity contribution is 4.93. The fraction of sp³-hybridized carbons (Fsp3) is 1.00. The number of ether oxygens (including phenoxy) is 2. The third-order valence-electron chi connectivity index (χ3n) is 3.88. The van der Waals surface area contributed by atoms with Crippen LogP contribution >= 0.6 is 0 Å². The third kappa shape index (κ3) is 2.94. The van der Waals surface area contributed by atoms with E-state index in [1.54, 1.807) is 7.11 Å². The van der Waals surface area contributed by atoms with E-state index >= 15 is 0 Å². The SMILES string of the molecule is COCCOCCN1CC2CCC(O)C2C1. The molecule has 1 aliphatic carbocycles. The van der Waals surface area contributed by atoms with E-state index in [1.807, 2.05) is 0 Å². The molecule has 0 aromatic rings. The number of fused-ring (bicyclic) bond motifs is 1. The Labute approximate surface area is 97.5 Å². The van der Waals surface area contributed by atoms with Gasteiger partial charge in [0.15, 0.2) is 0 Å². The van der Waals surface area contributed by atoms with Crippen LogP contribution in [0, 0.1) is 11.8 Å². The zero-order valence-corrected chi connectivity index (χ0v) is 10.1. The van der Waals surface area contributed by atoms with Gasteiger partial charge in [0.25, 0.3) is 0 Å². The summed E-state index contributed by atoms with van der Waals surface area (Å²) in [6, 6.07) is 0. The maximum atomic E-state index is 9.78. The number of methoxy groups -OCH3 is 1. The first-order chi connectivity index (χ1) is 7.81. The first-order valence-electron chi connectivity index (χ1n) is 6.28. The lowest BCUT2D eigenvalue weighted by atomic mass is 10.00. The maximum absolute atomic E-state index is 9.78. The zero-order valence-electron chi connectivity index (χ0n) is 10.1. The van der Waals surface area contributed by atoms with Gasteiger partial charge in [-0.2, -0.15) is 0 Å². The van der Waals surface area contributed by atoms with Gasteiger partial charge < -0.3 is 19.5 Å². The topological polar surface area (TPSA) is 41.9 Å². The molecule has 0 aromatic heterocycles. The van der Waals surface area contributed by atoms with Crippen LogP contribution in [-0.2, 0) is 9.47 Å². The van der Waals surface area contributed by atoms with E-state index in [4.69, 9.17) is 9.47 Å². The Kier molecular flexibility index (Phi) is 4.58. The smallest absolute Gasteiger partial charge is 0.0700 e. The van der Waals surface area contributed by atoms with Crippen molar-refractivity contribution < 1.29 is 14.6 Å². The Morgan fingerprint density at radius 2 is 2.06 bits per heavy atom. The van der Waals surface area contributed by atoms with Crippen molar-refractivity contribution >= 4 is 0 Å². The van der Waals surface area contributed by atoms with Crippen molar-refractivity contribution in [2.75, 3.05) is 46.6 Å². The molecule has 1 heterocycles. The molecule has 3 unspecified atom stereocenters. The molecule has 0 amide bonds. The maximum Gasteiger partial charge on any atom is 0.0700 e. The first-order valence-corrected chi connectivity index (χ1v) is 6.28. The summed E-state index contributed by atoms with van der Waals surface area (Å²) in [4.78, 5) is 2.42. The molecular formula is C12H23NO3. The number of aliphatic hydroxyl groups excluding tert-OH is 1. The van der Waals surface area contributed by atoms with Gasteiger partial charge in [-0.25, -0.2) is 0 Å². The lowest BCUT2D eigenvalue weighted by Gasteiger charge is -2.17. The summed E-state index contributed by atoms with van der Waals surface area (Å²) < 4.78 is 10.4. The van der Waals surface area contributed by atoms with E-state index < -0.39 is 0 Å². The van der Waals surface area contributed by atoms with Crippen LogP contribution in [0.1, 0.15) is 12.8 Å². The molecule has 16 heavy (non-hydrogen) atoms. The molecule has 94 valence electrons. The van der Waals surface area contributed by atoms with Crippen molar-refractivity contribution in [3.05, 3.63) is 0 Å². The third-order valence-corrected chi connectivity index (χ3v) is 3.88. The van der Waals surface area contributed by atoms with Gasteiger partial charge in [0, 0.05) is 32.7 Å². The van der Waals surface area contributed by atoms with E-state index in [0.29, 0.717) is 19.1 Å². The van der Waals surface area contributed by atoms with Crippen molar-refractivity contribution in [3.63, 3.8) is 0 Å². The van der Waals surface area contributed by atoms with Crippen molar-refractivity contribution in [3.8, 4) is 0 Å². The lowest BCUT2D eigenvalue weighted by molar-refractivity contribution is 0.0573. The Morgan fingerprint density at radius 1 is 1.19 bits per heavy atom. The van der Waals surface area contributed by atoms with Gasteiger partial charge in [-0.3, -0.25) is 0 Å². The molecule has 0 aromatic carbocycles. The fourth-order valence-electron chi connectivity index (χ4n) is 2.95. The van der Waals surface area contributed by atoms with E-state index in [9.17, 15) is 5.11 Å². The summed E-state index contributed by atoms with van der Waals surface area (Å²) in [7, 11) is 1.69. The molecule has 0 spiro atoms. The molecule has 1 saturated heterocycles. The van der Waals surface area contributed by atoms with Crippen LogP contribution in [0.2, 0.25) is 0 Å². The first kappa shape index (κ1) is 12.3. The molecule has 2 aliphatic rings. The fourth-order valence-corrected chi connectivity index (χ4v) is 2.95. The molecule has 4 heteroatoms. The van der Waals surface area contributed by atoms with E-state index in [2.05, 4.69) is 4.90 Å². The molecule has 2 rings (SSSR count). The second-order valence-electron chi connectivity index (χ2n) is 4.93. The highest BCUT2D eigenvalue weighted by Crippen LogP contribution is 2.37. The highest BCUT2D eigenvalue weighted by atomic mass is 16.5. The summed E-state index contributed by atoms with van der Waals surface area (Å²) in [5, 5.41) is 9.78. The van der Waals surface area contributed by atoms with Gasteiger partial charge in [-0.1, -0.05) is 0 Å². The second-order valence-corrected chi connectivity index (χ2v) is 4.93. The zero-order chi connectivity index (χ0) is 11.4. The van der Waals surface area contributed by atoms with Gasteiger partial charge in [0.2, 0.25) is 0 Å². The van der Waals surface area contributed by atoms with Crippen molar-refractivity contribution in [1.82, 2.24) is 4.90 Å². The van der Waals surface area contributed by atoms with Crippen LogP contribution in [0.4, 0.5) is 0 Å². The Balaban J connectivity index is 1.59. The van der Waals surface area contributed by atoms with Crippen LogP contribution in [0.15, 0.2) is 0 Å². The molecule has 2 fully saturated rings. The van der Waals surface area contributed by atoms with E-state index in [-0.39, 0.29) is 6.10 Å². The molecule has 0 radical (unpaired) electrons. The summed E-state index contributed by atoms with van der Waals surface area (Å²) in [5.41, 5.74) is 0. The summed E-state index contributed by atoms with van der Waals surface area (Å²) in [6.45, 7) is 5.32. The highest BCUT2D eigenvalue weighted by Gasteiger charge is 2.41. The van der Waals surface area contributed by atoms with Gasteiger partial charge in [0.05, 0.1) is 25.9 Å². The molecule has 1 N–H and O–H groups in total. The molecular weight excluding hydrogens is 206 g/mol. The Morgan fingerprint density at radius 3 is 2.81 bits per heavy atom. The summed E-state index contributed by atoms with van der Waals surface area (Å²) >= 11 is 0. The van der Waals surface area contributed by atoms with Crippen LogP contribution < -0.4 is 0 Å². The number of nitrogens with zero attached hydrogens (tertiary/aromatic N) is 1. The minimum atomic E-state index is -0.0515. The Hall–Kier alpha value is -0.160. The predicted octanol–water partition coefficient (Wildman–Crippen LogP) is 0.352. The van der Waals surface area contributed by atoms with Crippen molar-refractivity contribution in [2.24, 2.45) is 11.8 Å². The average Bonchev–Trinajstić information content (AvgIpc) is 2.81. The molecule has 3 atom stereocenters.